The van der Waals surface area contributed by atoms with Crippen molar-refractivity contribution in [1.29, 1.82) is 0 Å². The number of urea groups is 1. The summed E-state index contributed by atoms with van der Waals surface area (Å²) in [7, 11) is 1.75. The van der Waals surface area contributed by atoms with Gasteiger partial charge >= 0.3 is 12.0 Å². The summed E-state index contributed by atoms with van der Waals surface area (Å²) in [5.74, 6) is -0.160. The molecule has 1 aromatic heterocycles. The molecule has 1 aliphatic carbocycles. The van der Waals surface area contributed by atoms with Crippen LogP contribution in [0.1, 0.15) is 29.2 Å². The Kier molecular flexibility index (Phi) is 3.55. The van der Waals surface area contributed by atoms with Crippen LogP contribution in [0.3, 0.4) is 0 Å². The maximum absolute atomic E-state index is 11.7. The molecule has 1 aliphatic rings. The highest BCUT2D eigenvalue weighted by atomic mass is 16.4. The number of rotatable bonds is 5. The molecule has 6 heteroatoms. The number of aromatic carboxylic acids is 1. The molecule has 1 saturated carbocycles. The summed E-state index contributed by atoms with van der Waals surface area (Å²) in [5, 5.41) is 11.4. The van der Waals surface area contributed by atoms with Gasteiger partial charge in [-0.3, -0.25) is 0 Å². The first-order chi connectivity index (χ1) is 8.56. The summed E-state index contributed by atoms with van der Waals surface area (Å²) in [6, 6.07) is 2.75. The molecule has 2 rings (SSSR count). The Morgan fingerprint density at radius 2 is 2.22 bits per heavy atom. The lowest BCUT2D eigenvalue weighted by Gasteiger charge is -2.16. The number of nitrogens with zero attached hydrogens (tertiary/aromatic N) is 1. The third kappa shape index (κ3) is 3.26. The van der Waals surface area contributed by atoms with Gasteiger partial charge in [-0.05, 0) is 30.9 Å². The molecule has 2 amide bonds. The van der Waals surface area contributed by atoms with Gasteiger partial charge in [0.15, 0.2) is 0 Å². The van der Waals surface area contributed by atoms with E-state index in [9.17, 15) is 9.59 Å². The van der Waals surface area contributed by atoms with Crippen LogP contribution in [-0.4, -0.2) is 35.6 Å². The average Bonchev–Trinajstić information content (AvgIpc) is 3.00. The number of furan rings is 1. The van der Waals surface area contributed by atoms with Crippen molar-refractivity contribution in [3.05, 3.63) is 23.7 Å². The molecule has 98 valence electrons. The van der Waals surface area contributed by atoms with E-state index in [0.29, 0.717) is 11.7 Å². The molecule has 1 aromatic rings. The predicted octanol–water partition coefficient (Wildman–Crippen LogP) is 1.53. The normalized spacial score (nSPS) is 14.3. The summed E-state index contributed by atoms with van der Waals surface area (Å²) in [5.41, 5.74) is 0. The molecule has 0 saturated heterocycles. The van der Waals surface area contributed by atoms with Gasteiger partial charge in [0.05, 0.1) is 6.54 Å². The quantitative estimate of drug-likeness (QED) is 0.832. The van der Waals surface area contributed by atoms with Gasteiger partial charge in [0.2, 0.25) is 5.76 Å². The first-order valence-electron chi connectivity index (χ1n) is 5.87. The van der Waals surface area contributed by atoms with E-state index in [1.54, 1.807) is 18.0 Å². The SMILES string of the molecule is CN(CC1CC1)C(=O)NCc1ccc(C(=O)O)o1. The zero-order chi connectivity index (χ0) is 13.1. The van der Waals surface area contributed by atoms with E-state index in [4.69, 9.17) is 9.52 Å². The van der Waals surface area contributed by atoms with Crippen molar-refractivity contribution < 1.29 is 19.1 Å². The van der Waals surface area contributed by atoms with Crippen molar-refractivity contribution in [2.45, 2.75) is 19.4 Å². The number of carbonyl (C=O) groups is 2. The number of carboxylic acids is 1. The van der Waals surface area contributed by atoms with Crippen LogP contribution >= 0.6 is 0 Å². The number of hydrogen-bond donors (Lipinski definition) is 2. The van der Waals surface area contributed by atoms with Gasteiger partial charge < -0.3 is 19.7 Å². The van der Waals surface area contributed by atoms with Gasteiger partial charge in [-0.1, -0.05) is 0 Å². The van der Waals surface area contributed by atoms with E-state index in [-0.39, 0.29) is 18.3 Å². The Balaban J connectivity index is 1.78. The van der Waals surface area contributed by atoms with E-state index >= 15 is 0 Å². The maximum Gasteiger partial charge on any atom is 0.371 e. The summed E-state index contributed by atoms with van der Waals surface area (Å²) >= 11 is 0. The molecule has 0 spiro atoms. The van der Waals surface area contributed by atoms with Gasteiger partial charge in [0.1, 0.15) is 5.76 Å². The van der Waals surface area contributed by atoms with Crippen molar-refractivity contribution >= 4 is 12.0 Å². The summed E-state index contributed by atoms with van der Waals surface area (Å²) in [6.07, 6.45) is 2.38. The van der Waals surface area contributed by atoms with E-state index < -0.39 is 5.97 Å². The van der Waals surface area contributed by atoms with Crippen molar-refractivity contribution in [1.82, 2.24) is 10.2 Å². The van der Waals surface area contributed by atoms with E-state index in [1.165, 1.54) is 18.9 Å². The molecule has 0 unspecified atom stereocenters. The lowest BCUT2D eigenvalue weighted by molar-refractivity contribution is 0.0660. The monoisotopic (exact) mass is 252 g/mol. The topological polar surface area (TPSA) is 82.8 Å². The largest absolute Gasteiger partial charge is 0.475 e. The third-order valence-corrected chi connectivity index (χ3v) is 2.86. The standard InChI is InChI=1S/C12H16N2O4/c1-14(7-8-2-3-8)12(17)13-6-9-4-5-10(18-9)11(15)16/h4-5,8H,2-3,6-7H2,1H3,(H,13,17)(H,15,16). The predicted molar refractivity (Wildman–Crippen MR) is 63.3 cm³/mol. The summed E-state index contributed by atoms with van der Waals surface area (Å²) in [6.45, 7) is 0.964. The molecule has 0 aliphatic heterocycles. The fourth-order valence-corrected chi connectivity index (χ4v) is 1.66. The van der Waals surface area contributed by atoms with Crippen molar-refractivity contribution in [3.8, 4) is 0 Å². The molecule has 0 aromatic carbocycles. The first kappa shape index (κ1) is 12.5. The fourth-order valence-electron chi connectivity index (χ4n) is 1.66. The van der Waals surface area contributed by atoms with Crippen LogP contribution in [0.4, 0.5) is 4.79 Å². The van der Waals surface area contributed by atoms with Crippen LogP contribution in [0, 0.1) is 5.92 Å². The fraction of sp³-hybridized carbons (Fsp3) is 0.500. The highest BCUT2D eigenvalue weighted by Gasteiger charge is 2.24. The van der Waals surface area contributed by atoms with Gasteiger partial charge in [-0.15, -0.1) is 0 Å². The van der Waals surface area contributed by atoms with Crippen molar-refractivity contribution in [2.24, 2.45) is 5.92 Å². The van der Waals surface area contributed by atoms with E-state index in [2.05, 4.69) is 5.32 Å². The molecular formula is C12H16N2O4. The second-order valence-corrected chi connectivity index (χ2v) is 4.55. The van der Waals surface area contributed by atoms with E-state index in [0.717, 1.165) is 6.54 Å². The van der Waals surface area contributed by atoms with Crippen LogP contribution in [0.2, 0.25) is 0 Å². The summed E-state index contributed by atoms with van der Waals surface area (Å²) < 4.78 is 5.04. The van der Waals surface area contributed by atoms with Gasteiger partial charge in [-0.25, -0.2) is 9.59 Å². The number of nitrogens with one attached hydrogen (secondary N) is 1. The van der Waals surface area contributed by atoms with Crippen LogP contribution in [0.25, 0.3) is 0 Å². The zero-order valence-electron chi connectivity index (χ0n) is 10.2. The number of amides is 2. The second-order valence-electron chi connectivity index (χ2n) is 4.55. The molecule has 1 heterocycles. The number of carbonyl (C=O) groups excluding carboxylic acids is 1. The molecule has 0 bridgehead atoms. The molecule has 0 radical (unpaired) electrons. The minimum Gasteiger partial charge on any atom is -0.475 e. The zero-order valence-corrected chi connectivity index (χ0v) is 10.2. The second kappa shape index (κ2) is 5.12. The van der Waals surface area contributed by atoms with Crippen LogP contribution in [0.5, 0.6) is 0 Å². The Labute approximate surface area is 105 Å². The van der Waals surface area contributed by atoms with Crippen molar-refractivity contribution in [2.75, 3.05) is 13.6 Å². The molecule has 0 atom stereocenters. The van der Waals surface area contributed by atoms with Crippen LogP contribution in [0.15, 0.2) is 16.5 Å². The lowest BCUT2D eigenvalue weighted by Crippen LogP contribution is -2.37. The smallest absolute Gasteiger partial charge is 0.371 e. The van der Waals surface area contributed by atoms with Gasteiger partial charge in [0, 0.05) is 13.6 Å². The highest BCUT2D eigenvalue weighted by Crippen LogP contribution is 2.29. The minimum absolute atomic E-state index is 0.120. The Hall–Kier alpha value is -1.98. The Morgan fingerprint density at radius 1 is 1.50 bits per heavy atom. The van der Waals surface area contributed by atoms with Gasteiger partial charge in [-0.2, -0.15) is 0 Å². The minimum atomic E-state index is -1.11. The maximum atomic E-state index is 11.7. The Morgan fingerprint density at radius 3 is 2.78 bits per heavy atom. The number of carboxylic acid groups (broad SMARTS) is 1. The molecule has 1 fully saturated rings. The first-order valence-corrected chi connectivity index (χ1v) is 5.87. The molecule has 18 heavy (non-hydrogen) atoms. The molecule has 2 N–H and O–H groups in total. The van der Waals surface area contributed by atoms with Crippen molar-refractivity contribution in [3.63, 3.8) is 0 Å². The van der Waals surface area contributed by atoms with Crippen LogP contribution < -0.4 is 5.32 Å². The van der Waals surface area contributed by atoms with Crippen LogP contribution in [-0.2, 0) is 6.54 Å². The third-order valence-electron chi connectivity index (χ3n) is 2.86. The Bertz CT molecular complexity index is 451. The molecular weight excluding hydrogens is 236 g/mol. The average molecular weight is 252 g/mol. The lowest BCUT2D eigenvalue weighted by atomic mass is 10.4. The van der Waals surface area contributed by atoms with Gasteiger partial charge in [0.25, 0.3) is 0 Å². The molecule has 6 nitrogen and oxygen atoms in total. The number of hydrogen-bond acceptors (Lipinski definition) is 3. The highest BCUT2D eigenvalue weighted by molar-refractivity contribution is 5.84. The summed E-state index contributed by atoms with van der Waals surface area (Å²) in [4.78, 5) is 23.9. The van der Waals surface area contributed by atoms with E-state index in [1.807, 2.05) is 0 Å².